The summed E-state index contributed by atoms with van der Waals surface area (Å²) in [6.45, 7) is 4.15. The van der Waals surface area contributed by atoms with Gasteiger partial charge in [0.05, 0.1) is 5.69 Å². The first-order chi connectivity index (χ1) is 12.2. The lowest BCUT2D eigenvalue weighted by atomic mass is 9.93. The van der Waals surface area contributed by atoms with Crippen molar-refractivity contribution in [1.82, 2.24) is 10.2 Å². The quantitative estimate of drug-likeness (QED) is 0.368. The second kappa shape index (κ2) is 5.18. The molecule has 0 bridgehead atoms. The highest BCUT2D eigenvalue weighted by Gasteiger charge is 2.12. The van der Waals surface area contributed by atoms with Crippen molar-refractivity contribution in [3.8, 4) is 11.1 Å². The third-order valence-corrected chi connectivity index (χ3v) is 5.10. The van der Waals surface area contributed by atoms with E-state index in [0.717, 1.165) is 11.4 Å². The Morgan fingerprint density at radius 2 is 1.32 bits per heavy atom. The van der Waals surface area contributed by atoms with Gasteiger partial charge >= 0.3 is 0 Å². The van der Waals surface area contributed by atoms with Crippen LogP contribution in [0.15, 0.2) is 66.7 Å². The van der Waals surface area contributed by atoms with Gasteiger partial charge in [0.15, 0.2) is 0 Å². The Balaban J connectivity index is 1.89. The summed E-state index contributed by atoms with van der Waals surface area (Å²) in [7, 11) is 0. The molecule has 0 unspecified atom stereocenters. The lowest BCUT2D eigenvalue weighted by Crippen LogP contribution is -1.86. The molecule has 120 valence electrons. The third-order valence-electron chi connectivity index (χ3n) is 5.10. The summed E-state index contributed by atoms with van der Waals surface area (Å²) in [6.07, 6.45) is 0. The van der Waals surface area contributed by atoms with Gasteiger partial charge in [0.1, 0.15) is 0 Å². The molecule has 0 aliphatic carbocycles. The smallest absolute Gasteiger partial charge is 0.0672 e. The van der Waals surface area contributed by atoms with Gasteiger partial charge < -0.3 is 0 Å². The van der Waals surface area contributed by atoms with Crippen LogP contribution in [0, 0.1) is 13.8 Å². The molecule has 5 rings (SSSR count). The predicted octanol–water partition coefficient (Wildman–Crippen LogP) is 6.15. The summed E-state index contributed by atoms with van der Waals surface area (Å²) in [5, 5.41) is 15.2. The van der Waals surface area contributed by atoms with E-state index in [-0.39, 0.29) is 0 Å². The Labute approximate surface area is 146 Å². The van der Waals surface area contributed by atoms with E-state index >= 15 is 0 Å². The van der Waals surface area contributed by atoms with Crippen molar-refractivity contribution < 1.29 is 0 Å². The van der Waals surface area contributed by atoms with Gasteiger partial charge in [-0.25, -0.2) is 0 Å². The number of nitrogens with one attached hydrogen (secondary N) is 1. The van der Waals surface area contributed by atoms with Crippen molar-refractivity contribution in [2.75, 3.05) is 0 Å². The molecule has 1 aromatic heterocycles. The van der Waals surface area contributed by atoms with E-state index in [9.17, 15) is 0 Å². The molecule has 2 nitrogen and oxygen atoms in total. The lowest BCUT2D eigenvalue weighted by molar-refractivity contribution is 1.02. The minimum Gasteiger partial charge on any atom is -0.282 e. The highest BCUT2D eigenvalue weighted by atomic mass is 15.1. The van der Waals surface area contributed by atoms with Gasteiger partial charge in [-0.15, -0.1) is 0 Å². The average molecular weight is 322 g/mol. The molecule has 4 aromatic carbocycles. The highest BCUT2D eigenvalue weighted by Crippen LogP contribution is 2.35. The lowest BCUT2D eigenvalue weighted by Gasteiger charge is -2.10. The van der Waals surface area contributed by atoms with E-state index in [4.69, 9.17) is 0 Å². The van der Waals surface area contributed by atoms with Gasteiger partial charge in [0, 0.05) is 11.3 Å². The largest absolute Gasteiger partial charge is 0.282 e. The maximum Gasteiger partial charge on any atom is 0.0672 e. The summed E-state index contributed by atoms with van der Waals surface area (Å²) < 4.78 is 0. The van der Waals surface area contributed by atoms with Crippen molar-refractivity contribution in [3.05, 3.63) is 78.1 Å². The molecule has 25 heavy (non-hydrogen) atoms. The van der Waals surface area contributed by atoms with Gasteiger partial charge in [0.2, 0.25) is 0 Å². The van der Waals surface area contributed by atoms with Crippen LogP contribution in [0.25, 0.3) is 43.4 Å². The molecule has 0 radical (unpaired) electrons. The number of rotatable bonds is 1. The molecule has 0 spiro atoms. The van der Waals surface area contributed by atoms with Crippen LogP contribution < -0.4 is 0 Å². The number of nitrogens with zero attached hydrogens (tertiary/aromatic N) is 1. The molecule has 0 aliphatic rings. The molecule has 0 atom stereocenters. The van der Waals surface area contributed by atoms with Crippen LogP contribution in [-0.2, 0) is 0 Å². The Kier molecular flexibility index (Phi) is 2.95. The van der Waals surface area contributed by atoms with Crippen LogP contribution in [0.5, 0.6) is 0 Å². The fourth-order valence-electron chi connectivity index (χ4n) is 3.88. The molecule has 0 aliphatic heterocycles. The maximum atomic E-state index is 4.38. The average Bonchev–Trinajstić information content (AvgIpc) is 2.96. The number of aryl methyl sites for hydroxylation is 2. The highest BCUT2D eigenvalue weighted by molar-refractivity contribution is 6.08. The van der Waals surface area contributed by atoms with E-state index in [1.54, 1.807) is 0 Å². The molecular weight excluding hydrogens is 304 g/mol. The summed E-state index contributed by atoms with van der Waals surface area (Å²) >= 11 is 0. The maximum absolute atomic E-state index is 4.38. The fraction of sp³-hybridized carbons (Fsp3) is 0.0870. The first kappa shape index (κ1) is 14.2. The topological polar surface area (TPSA) is 28.7 Å². The van der Waals surface area contributed by atoms with E-state index in [2.05, 4.69) is 90.8 Å². The first-order valence-corrected chi connectivity index (χ1v) is 8.58. The monoisotopic (exact) mass is 322 g/mol. The second-order valence-corrected chi connectivity index (χ2v) is 6.73. The van der Waals surface area contributed by atoms with Crippen LogP contribution in [0.1, 0.15) is 11.4 Å². The Hall–Kier alpha value is -3.13. The molecule has 1 N–H and O–H groups in total. The zero-order valence-corrected chi connectivity index (χ0v) is 14.3. The molecule has 0 fully saturated rings. The van der Waals surface area contributed by atoms with E-state index < -0.39 is 0 Å². The number of hydrogen-bond donors (Lipinski definition) is 1. The van der Waals surface area contributed by atoms with E-state index in [1.807, 2.05) is 0 Å². The standard InChI is InChI=1S/C23H18N2/c1-14-23(15(2)25-24-14)21-9-5-8-18-12-19-10-16-6-3-4-7-17(16)11-20(19)13-22(18)21/h3-13H,1-2H3,(H,24,25). The zero-order chi connectivity index (χ0) is 17.0. The normalized spacial score (nSPS) is 11.6. The van der Waals surface area contributed by atoms with Gasteiger partial charge in [0.25, 0.3) is 0 Å². The number of hydrogen-bond acceptors (Lipinski definition) is 1. The van der Waals surface area contributed by atoms with Crippen molar-refractivity contribution in [3.63, 3.8) is 0 Å². The Morgan fingerprint density at radius 3 is 2.00 bits per heavy atom. The molecule has 0 saturated heterocycles. The van der Waals surface area contributed by atoms with Crippen molar-refractivity contribution in [1.29, 1.82) is 0 Å². The number of fused-ring (bicyclic) bond motifs is 3. The van der Waals surface area contributed by atoms with Crippen LogP contribution >= 0.6 is 0 Å². The Morgan fingerprint density at radius 1 is 0.680 bits per heavy atom. The molecule has 0 amide bonds. The predicted molar refractivity (Wildman–Crippen MR) is 106 cm³/mol. The van der Waals surface area contributed by atoms with Gasteiger partial charge in [-0.2, -0.15) is 5.10 Å². The molecular formula is C23H18N2. The summed E-state index contributed by atoms with van der Waals surface area (Å²) in [6, 6.07) is 24.2. The van der Waals surface area contributed by atoms with Gasteiger partial charge in [-0.1, -0.05) is 42.5 Å². The number of aromatic amines is 1. The van der Waals surface area contributed by atoms with Crippen LogP contribution in [0.4, 0.5) is 0 Å². The zero-order valence-electron chi connectivity index (χ0n) is 14.3. The SMILES string of the molecule is Cc1n[nH]c(C)c1-c1cccc2cc3cc4ccccc4cc3cc12. The third kappa shape index (κ3) is 2.14. The Bertz CT molecular complexity index is 1240. The van der Waals surface area contributed by atoms with E-state index in [1.165, 1.54) is 43.4 Å². The number of H-pyrrole nitrogens is 1. The van der Waals surface area contributed by atoms with Crippen LogP contribution in [0.3, 0.4) is 0 Å². The van der Waals surface area contributed by atoms with Crippen molar-refractivity contribution in [2.45, 2.75) is 13.8 Å². The molecule has 2 heteroatoms. The summed E-state index contributed by atoms with van der Waals surface area (Å²) in [4.78, 5) is 0. The summed E-state index contributed by atoms with van der Waals surface area (Å²) in [5.74, 6) is 0. The fourth-order valence-corrected chi connectivity index (χ4v) is 3.88. The number of benzene rings is 4. The minimum atomic E-state index is 1.05. The van der Waals surface area contributed by atoms with Crippen LogP contribution in [0.2, 0.25) is 0 Å². The second-order valence-electron chi connectivity index (χ2n) is 6.73. The molecule has 1 heterocycles. The van der Waals surface area contributed by atoms with E-state index in [0.29, 0.717) is 0 Å². The molecule has 5 aromatic rings. The first-order valence-electron chi connectivity index (χ1n) is 8.58. The van der Waals surface area contributed by atoms with Crippen LogP contribution in [-0.4, -0.2) is 10.2 Å². The van der Waals surface area contributed by atoms with Crippen molar-refractivity contribution >= 4 is 32.3 Å². The van der Waals surface area contributed by atoms with Crippen molar-refractivity contribution in [2.24, 2.45) is 0 Å². The molecule has 0 saturated carbocycles. The summed E-state index contributed by atoms with van der Waals surface area (Å²) in [5.41, 5.74) is 4.62. The van der Waals surface area contributed by atoms with Gasteiger partial charge in [-0.05, 0) is 76.0 Å². The van der Waals surface area contributed by atoms with Gasteiger partial charge in [-0.3, -0.25) is 5.10 Å². The minimum absolute atomic E-state index is 1.05. The number of aromatic nitrogens is 2.